The van der Waals surface area contributed by atoms with Crippen molar-refractivity contribution in [2.45, 2.75) is 19.0 Å². The third kappa shape index (κ3) is 4.18. The van der Waals surface area contributed by atoms with E-state index in [1.165, 1.54) is 16.7 Å². The van der Waals surface area contributed by atoms with Crippen LogP contribution in [0.15, 0.2) is 83.3 Å². The first-order chi connectivity index (χ1) is 13.7. The van der Waals surface area contributed by atoms with Gasteiger partial charge in [0, 0.05) is 16.1 Å². The quantitative estimate of drug-likeness (QED) is 0.445. The summed E-state index contributed by atoms with van der Waals surface area (Å²) in [5, 5.41) is 18.0. The Morgan fingerprint density at radius 3 is 2.11 bits per heavy atom. The molecule has 1 heterocycles. The lowest BCUT2D eigenvalue weighted by atomic mass is 9.96. The fourth-order valence-corrected chi connectivity index (χ4v) is 3.50. The first-order valence-corrected chi connectivity index (χ1v) is 9.90. The number of hydrogen-bond acceptors (Lipinski definition) is 4. The number of benzene rings is 3. The van der Waals surface area contributed by atoms with Crippen LogP contribution in [-0.2, 0) is 0 Å². The number of hydrogen-bond donors (Lipinski definition) is 2. The van der Waals surface area contributed by atoms with Gasteiger partial charge in [-0.2, -0.15) is 5.21 Å². The second-order valence-corrected chi connectivity index (χ2v) is 7.56. The molecule has 28 heavy (non-hydrogen) atoms. The van der Waals surface area contributed by atoms with Gasteiger partial charge in [0.05, 0.1) is 6.04 Å². The Morgan fingerprint density at radius 1 is 0.821 bits per heavy atom. The number of rotatable bonds is 6. The first-order valence-electron chi connectivity index (χ1n) is 9.11. The monoisotopic (exact) mass is 433 g/mol. The summed E-state index contributed by atoms with van der Waals surface area (Å²) in [6.07, 6.45) is 0. The Bertz CT molecular complexity index is 999. The molecule has 4 rings (SSSR count). The van der Waals surface area contributed by atoms with Gasteiger partial charge in [-0.05, 0) is 41.0 Å². The van der Waals surface area contributed by atoms with Crippen molar-refractivity contribution in [3.05, 3.63) is 100 Å². The van der Waals surface area contributed by atoms with Crippen LogP contribution in [0.25, 0.3) is 11.4 Å². The number of tetrazole rings is 1. The Labute approximate surface area is 172 Å². The minimum absolute atomic E-state index is 0.0687. The van der Waals surface area contributed by atoms with Gasteiger partial charge in [0.25, 0.3) is 0 Å². The molecule has 0 saturated carbocycles. The molecule has 0 saturated heterocycles. The average Bonchev–Trinajstić information content (AvgIpc) is 3.28. The number of aromatic nitrogens is 4. The normalized spacial score (nSPS) is 13.2. The molecule has 3 aromatic carbocycles. The van der Waals surface area contributed by atoms with Crippen LogP contribution < -0.4 is 5.32 Å². The summed E-state index contributed by atoms with van der Waals surface area (Å²) >= 11 is 3.50. The van der Waals surface area contributed by atoms with Crippen molar-refractivity contribution in [2.75, 3.05) is 0 Å². The van der Waals surface area contributed by atoms with E-state index in [2.05, 4.69) is 109 Å². The van der Waals surface area contributed by atoms with E-state index in [-0.39, 0.29) is 12.1 Å². The van der Waals surface area contributed by atoms with Crippen LogP contribution >= 0.6 is 15.9 Å². The highest BCUT2D eigenvalue weighted by Crippen LogP contribution is 2.28. The molecule has 6 heteroatoms. The third-order valence-electron chi connectivity index (χ3n) is 4.77. The lowest BCUT2D eigenvalue weighted by molar-refractivity contribution is 0.516. The van der Waals surface area contributed by atoms with E-state index in [4.69, 9.17) is 0 Å². The van der Waals surface area contributed by atoms with E-state index in [9.17, 15) is 0 Å². The van der Waals surface area contributed by atoms with Crippen molar-refractivity contribution in [1.29, 1.82) is 0 Å². The van der Waals surface area contributed by atoms with E-state index in [1.807, 2.05) is 18.2 Å². The topological polar surface area (TPSA) is 66.5 Å². The van der Waals surface area contributed by atoms with E-state index in [0.717, 1.165) is 10.0 Å². The van der Waals surface area contributed by atoms with Gasteiger partial charge in [-0.1, -0.05) is 82.7 Å². The molecule has 0 aliphatic heterocycles. The first kappa shape index (κ1) is 18.5. The molecule has 5 nitrogen and oxygen atoms in total. The molecule has 0 amide bonds. The van der Waals surface area contributed by atoms with Crippen LogP contribution in [-0.4, -0.2) is 20.6 Å². The summed E-state index contributed by atoms with van der Waals surface area (Å²) in [6.45, 7) is 2.19. The molecule has 0 bridgehead atoms. The van der Waals surface area contributed by atoms with Gasteiger partial charge >= 0.3 is 0 Å². The van der Waals surface area contributed by atoms with Crippen molar-refractivity contribution in [3.8, 4) is 11.4 Å². The maximum atomic E-state index is 4.05. The summed E-state index contributed by atoms with van der Waals surface area (Å²) in [7, 11) is 0. The Balaban J connectivity index is 1.63. The lowest BCUT2D eigenvalue weighted by Gasteiger charge is -2.25. The smallest absolute Gasteiger partial charge is 0.204 e. The standard InChI is InChI=1S/C22H20BrN5/c1-15(16-11-13-20(23)14-12-16)24-21(17-5-3-2-4-6-17)18-7-9-19(10-8-18)22-25-27-28-26-22/h2-15,21,24H,1H3,(H,25,26,27,28)/t15-,21?/m1/s1. The van der Waals surface area contributed by atoms with E-state index in [1.54, 1.807) is 0 Å². The molecule has 2 atom stereocenters. The molecule has 4 aromatic rings. The zero-order valence-electron chi connectivity index (χ0n) is 15.4. The van der Waals surface area contributed by atoms with Crippen molar-refractivity contribution >= 4 is 15.9 Å². The molecule has 0 fully saturated rings. The molecule has 2 N–H and O–H groups in total. The molecule has 1 aromatic heterocycles. The minimum atomic E-state index is 0.0687. The molecule has 1 unspecified atom stereocenters. The van der Waals surface area contributed by atoms with Gasteiger partial charge in [0.2, 0.25) is 5.82 Å². The van der Waals surface area contributed by atoms with Crippen molar-refractivity contribution in [2.24, 2.45) is 0 Å². The van der Waals surface area contributed by atoms with Crippen LogP contribution in [0, 0.1) is 0 Å². The van der Waals surface area contributed by atoms with Crippen LogP contribution in [0.5, 0.6) is 0 Å². The largest absolute Gasteiger partial charge is 0.300 e. The number of H-pyrrole nitrogens is 1. The fourth-order valence-electron chi connectivity index (χ4n) is 3.24. The molecular formula is C22H20BrN5. The summed E-state index contributed by atoms with van der Waals surface area (Å²) < 4.78 is 1.08. The van der Waals surface area contributed by atoms with Gasteiger partial charge in [-0.3, -0.25) is 5.32 Å². The van der Waals surface area contributed by atoms with E-state index in [0.29, 0.717) is 5.82 Å². The van der Waals surface area contributed by atoms with Crippen molar-refractivity contribution in [3.63, 3.8) is 0 Å². The molecule has 0 aliphatic rings. The average molecular weight is 434 g/mol. The summed E-state index contributed by atoms with van der Waals surface area (Å²) in [4.78, 5) is 0. The van der Waals surface area contributed by atoms with Crippen LogP contribution in [0.4, 0.5) is 0 Å². The Hall–Kier alpha value is -2.83. The van der Waals surface area contributed by atoms with Gasteiger partial charge in [-0.15, -0.1) is 10.2 Å². The second kappa shape index (κ2) is 8.46. The predicted molar refractivity (Wildman–Crippen MR) is 114 cm³/mol. The van der Waals surface area contributed by atoms with E-state index >= 15 is 0 Å². The number of aromatic amines is 1. The Kier molecular flexibility index (Phi) is 5.60. The minimum Gasteiger partial charge on any atom is -0.300 e. The summed E-state index contributed by atoms with van der Waals surface area (Å²) in [5.41, 5.74) is 4.58. The lowest BCUT2D eigenvalue weighted by Crippen LogP contribution is -2.25. The second-order valence-electron chi connectivity index (χ2n) is 6.64. The third-order valence-corrected chi connectivity index (χ3v) is 5.30. The highest BCUT2D eigenvalue weighted by molar-refractivity contribution is 9.10. The number of halogens is 1. The van der Waals surface area contributed by atoms with Crippen LogP contribution in [0.3, 0.4) is 0 Å². The number of nitrogens with one attached hydrogen (secondary N) is 2. The zero-order chi connectivity index (χ0) is 19.3. The zero-order valence-corrected chi connectivity index (χ0v) is 17.0. The molecule has 0 spiro atoms. The van der Waals surface area contributed by atoms with E-state index < -0.39 is 0 Å². The maximum Gasteiger partial charge on any atom is 0.204 e. The van der Waals surface area contributed by atoms with Crippen LogP contribution in [0.2, 0.25) is 0 Å². The van der Waals surface area contributed by atoms with Crippen molar-refractivity contribution < 1.29 is 0 Å². The highest BCUT2D eigenvalue weighted by atomic mass is 79.9. The Morgan fingerprint density at radius 2 is 1.46 bits per heavy atom. The SMILES string of the molecule is C[C@@H](NC(c1ccccc1)c1ccc(-c2nn[nH]n2)cc1)c1ccc(Br)cc1. The molecule has 0 aliphatic carbocycles. The fraction of sp³-hybridized carbons (Fsp3) is 0.136. The summed E-state index contributed by atoms with van der Waals surface area (Å²) in [5.74, 6) is 0.596. The van der Waals surface area contributed by atoms with Crippen molar-refractivity contribution in [1.82, 2.24) is 25.9 Å². The van der Waals surface area contributed by atoms with Gasteiger partial charge in [0.1, 0.15) is 0 Å². The van der Waals surface area contributed by atoms with Gasteiger partial charge < -0.3 is 0 Å². The van der Waals surface area contributed by atoms with Crippen LogP contribution in [0.1, 0.15) is 35.7 Å². The molecule has 0 radical (unpaired) electrons. The van der Waals surface area contributed by atoms with Gasteiger partial charge in [-0.25, -0.2) is 0 Å². The molecule has 140 valence electrons. The molecular weight excluding hydrogens is 414 g/mol. The van der Waals surface area contributed by atoms with Gasteiger partial charge in [0.15, 0.2) is 0 Å². The number of nitrogens with zero attached hydrogens (tertiary/aromatic N) is 3. The maximum absolute atomic E-state index is 4.05. The highest BCUT2D eigenvalue weighted by Gasteiger charge is 2.18. The summed E-state index contributed by atoms with van der Waals surface area (Å²) in [6, 6.07) is 27.5. The predicted octanol–water partition coefficient (Wildman–Crippen LogP) is 5.07.